The average molecular weight is 241 g/mol. The van der Waals surface area contributed by atoms with Crippen LogP contribution in [-0.2, 0) is 9.53 Å². The van der Waals surface area contributed by atoms with Crippen LogP contribution >= 0.6 is 0 Å². The van der Waals surface area contributed by atoms with Gasteiger partial charge in [-0.15, -0.1) is 0 Å². The van der Waals surface area contributed by atoms with E-state index in [1.807, 2.05) is 0 Å². The summed E-state index contributed by atoms with van der Waals surface area (Å²) < 4.78 is 5.34. The number of rotatable bonds is 5. The minimum absolute atomic E-state index is 0.0304. The van der Waals surface area contributed by atoms with Crippen molar-refractivity contribution >= 4 is 5.97 Å². The summed E-state index contributed by atoms with van der Waals surface area (Å²) in [5.41, 5.74) is 0. The van der Waals surface area contributed by atoms with Gasteiger partial charge in [0.15, 0.2) is 0 Å². The van der Waals surface area contributed by atoms with E-state index in [1.165, 1.54) is 0 Å². The lowest BCUT2D eigenvalue weighted by molar-refractivity contribution is -0.150. The molecule has 0 aliphatic heterocycles. The molecule has 1 fully saturated rings. The molecule has 1 saturated carbocycles. The van der Waals surface area contributed by atoms with E-state index in [2.05, 4.69) is 32.8 Å². The van der Waals surface area contributed by atoms with E-state index in [4.69, 9.17) is 4.74 Å². The van der Waals surface area contributed by atoms with Crippen LogP contribution in [-0.4, -0.2) is 37.6 Å². The summed E-state index contributed by atoms with van der Waals surface area (Å²) in [6.07, 6.45) is 5.19. The van der Waals surface area contributed by atoms with E-state index in [0.29, 0.717) is 18.6 Å². The highest BCUT2D eigenvalue weighted by Gasteiger charge is 2.28. The third-order valence-electron chi connectivity index (χ3n) is 3.70. The first kappa shape index (κ1) is 14.5. The summed E-state index contributed by atoms with van der Waals surface area (Å²) in [5.74, 6) is 0.786. The van der Waals surface area contributed by atoms with Crippen molar-refractivity contribution in [3.63, 3.8) is 0 Å². The van der Waals surface area contributed by atoms with Crippen molar-refractivity contribution in [3.05, 3.63) is 0 Å². The Morgan fingerprint density at radius 1 is 1.24 bits per heavy atom. The van der Waals surface area contributed by atoms with Crippen LogP contribution in [0.1, 0.15) is 46.0 Å². The van der Waals surface area contributed by atoms with Crippen molar-refractivity contribution in [3.8, 4) is 0 Å². The van der Waals surface area contributed by atoms with Gasteiger partial charge in [-0.3, -0.25) is 4.79 Å². The van der Waals surface area contributed by atoms with Gasteiger partial charge in [0.25, 0.3) is 0 Å². The SMILES string of the molecule is CC(C)CCOC(=O)C1CCC(N(C)C)CC1. The fraction of sp³-hybridized carbons (Fsp3) is 0.929. The molecular formula is C14H27NO2. The molecule has 0 aromatic heterocycles. The number of hydrogen-bond acceptors (Lipinski definition) is 3. The number of nitrogens with zero attached hydrogens (tertiary/aromatic N) is 1. The molecule has 0 bridgehead atoms. The van der Waals surface area contributed by atoms with Crippen molar-refractivity contribution in [1.82, 2.24) is 4.90 Å². The predicted molar refractivity (Wildman–Crippen MR) is 69.8 cm³/mol. The van der Waals surface area contributed by atoms with Crippen LogP contribution < -0.4 is 0 Å². The monoisotopic (exact) mass is 241 g/mol. The quantitative estimate of drug-likeness (QED) is 0.693. The summed E-state index contributed by atoms with van der Waals surface area (Å²) in [7, 11) is 4.23. The highest BCUT2D eigenvalue weighted by atomic mass is 16.5. The van der Waals surface area contributed by atoms with Crippen LogP contribution in [0.5, 0.6) is 0 Å². The number of ether oxygens (including phenoxy) is 1. The summed E-state index contributed by atoms with van der Waals surface area (Å²) in [5, 5.41) is 0. The van der Waals surface area contributed by atoms with E-state index in [1.54, 1.807) is 0 Å². The smallest absolute Gasteiger partial charge is 0.308 e. The van der Waals surface area contributed by atoms with E-state index in [9.17, 15) is 4.79 Å². The fourth-order valence-electron chi connectivity index (χ4n) is 2.34. The zero-order valence-electron chi connectivity index (χ0n) is 11.7. The molecule has 0 amide bonds. The van der Waals surface area contributed by atoms with Gasteiger partial charge in [-0.1, -0.05) is 13.8 Å². The van der Waals surface area contributed by atoms with Gasteiger partial charge in [0.2, 0.25) is 0 Å². The lowest BCUT2D eigenvalue weighted by atomic mass is 9.85. The van der Waals surface area contributed by atoms with Crippen LogP contribution in [0.3, 0.4) is 0 Å². The molecule has 0 heterocycles. The molecule has 0 unspecified atom stereocenters. The van der Waals surface area contributed by atoms with Crippen LogP contribution in [0.2, 0.25) is 0 Å². The lowest BCUT2D eigenvalue weighted by Gasteiger charge is -2.31. The van der Waals surface area contributed by atoms with E-state index in [-0.39, 0.29) is 11.9 Å². The van der Waals surface area contributed by atoms with Crippen molar-refractivity contribution in [2.75, 3.05) is 20.7 Å². The second-order valence-corrected chi connectivity index (χ2v) is 5.82. The van der Waals surface area contributed by atoms with Crippen LogP contribution in [0, 0.1) is 11.8 Å². The maximum absolute atomic E-state index is 11.8. The first-order valence-electron chi connectivity index (χ1n) is 6.83. The molecule has 100 valence electrons. The number of carbonyl (C=O) groups excluding carboxylic acids is 1. The highest BCUT2D eigenvalue weighted by Crippen LogP contribution is 2.27. The summed E-state index contributed by atoms with van der Waals surface area (Å²) in [4.78, 5) is 14.1. The number of hydrogen-bond donors (Lipinski definition) is 0. The van der Waals surface area contributed by atoms with Gasteiger partial charge in [-0.25, -0.2) is 0 Å². The Labute approximate surface area is 106 Å². The Balaban J connectivity index is 2.21. The first-order valence-corrected chi connectivity index (χ1v) is 6.83. The van der Waals surface area contributed by atoms with Gasteiger partial charge in [0.1, 0.15) is 0 Å². The zero-order valence-corrected chi connectivity index (χ0v) is 11.7. The molecule has 0 spiro atoms. The normalized spacial score (nSPS) is 25.3. The Bertz CT molecular complexity index is 230. The molecule has 3 nitrogen and oxygen atoms in total. The molecule has 1 aliphatic carbocycles. The second kappa shape index (κ2) is 7.00. The van der Waals surface area contributed by atoms with Crippen molar-refractivity contribution < 1.29 is 9.53 Å². The van der Waals surface area contributed by atoms with Crippen LogP contribution in [0.15, 0.2) is 0 Å². The van der Waals surface area contributed by atoms with Gasteiger partial charge < -0.3 is 9.64 Å². The van der Waals surface area contributed by atoms with Gasteiger partial charge in [0.05, 0.1) is 12.5 Å². The molecule has 0 atom stereocenters. The number of esters is 1. The summed E-state index contributed by atoms with van der Waals surface area (Å²) in [6.45, 7) is 4.89. The third kappa shape index (κ3) is 5.07. The molecule has 0 radical (unpaired) electrons. The predicted octanol–water partition coefficient (Wildman–Crippen LogP) is 2.70. The van der Waals surface area contributed by atoms with Gasteiger partial charge >= 0.3 is 5.97 Å². The van der Waals surface area contributed by atoms with Crippen molar-refractivity contribution in [1.29, 1.82) is 0 Å². The van der Waals surface area contributed by atoms with Gasteiger partial charge in [-0.2, -0.15) is 0 Å². The van der Waals surface area contributed by atoms with Gasteiger partial charge in [0, 0.05) is 6.04 Å². The molecule has 3 heteroatoms. The third-order valence-corrected chi connectivity index (χ3v) is 3.70. The van der Waals surface area contributed by atoms with Gasteiger partial charge in [-0.05, 0) is 52.1 Å². The average Bonchev–Trinajstić information content (AvgIpc) is 2.28. The lowest BCUT2D eigenvalue weighted by Crippen LogP contribution is -2.34. The number of carbonyl (C=O) groups is 1. The second-order valence-electron chi connectivity index (χ2n) is 5.82. The Morgan fingerprint density at radius 2 is 1.82 bits per heavy atom. The standard InChI is InChI=1S/C14H27NO2/c1-11(2)9-10-17-14(16)12-5-7-13(8-6-12)15(3)4/h11-13H,5-10H2,1-4H3. The minimum atomic E-state index is 0.0304. The minimum Gasteiger partial charge on any atom is -0.465 e. The Morgan fingerprint density at radius 3 is 2.29 bits per heavy atom. The maximum atomic E-state index is 11.8. The molecule has 17 heavy (non-hydrogen) atoms. The van der Waals surface area contributed by atoms with Crippen LogP contribution in [0.4, 0.5) is 0 Å². The van der Waals surface area contributed by atoms with E-state index < -0.39 is 0 Å². The molecule has 1 rings (SSSR count). The highest BCUT2D eigenvalue weighted by molar-refractivity contribution is 5.72. The topological polar surface area (TPSA) is 29.5 Å². The molecule has 0 N–H and O–H groups in total. The summed E-state index contributed by atoms with van der Waals surface area (Å²) >= 11 is 0. The van der Waals surface area contributed by atoms with Crippen molar-refractivity contribution in [2.24, 2.45) is 11.8 Å². The largest absolute Gasteiger partial charge is 0.465 e. The first-order chi connectivity index (χ1) is 8.00. The fourth-order valence-corrected chi connectivity index (χ4v) is 2.34. The van der Waals surface area contributed by atoms with Crippen molar-refractivity contribution in [2.45, 2.75) is 52.0 Å². The zero-order chi connectivity index (χ0) is 12.8. The molecular weight excluding hydrogens is 214 g/mol. The van der Waals surface area contributed by atoms with Crippen LogP contribution in [0.25, 0.3) is 0 Å². The Kier molecular flexibility index (Phi) is 5.96. The van der Waals surface area contributed by atoms with E-state index in [0.717, 1.165) is 32.1 Å². The Hall–Kier alpha value is -0.570. The molecule has 0 aromatic carbocycles. The summed E-state index contributed by atoms with van der Waals surface area (Å²) in [6, 6.07) is 0.648. The maximum Gasteiger partial charge on any atom is 0.308 e. The van der Waals surface area contributed by atoms with E-state index >= 15 is 0 Å². The molecule has 0 saturated heterocycles. The molecule has 0 aromatic rings. The molecule has 1 aliphatic rings.